The van der Waals surface area contributed by atoms with E-state index in [1.54, 1.807) is 0 Å². The van der Waals surface area contributed by atoms with E-state index in [1.165, 1.54) is 9.28 Å². The highest BCUT2D eigenvalue weighted by Gasteiger charge is 2.15. The van der Waals surface area contributed by atoms with E-state index in [9.17, 15) is 0 Å². The molecule has 0 atom stereocenters. The smallest absolute Gasteiger partial charge is 0.130 e. The molecular formula is C14H15IN2O. The molecule has 0 unspecified atom stereocenters. The Morgan fingerprint density at radius 2 is 1.89 bits per heavy atom. The molecule has 1 saturated heterocycles. The number of allylic oxidation sites excluding steroid dienone is 1. The van der Waals surface area contributed by atoms with E-state index in [0.29, 0.717) is 0 Å². The molecule has 0 bridgehead atoms. The van der Waals surface area contributed by atoms with Gasteiger partial charge in [0.05, 0.1) is 13.2 Å². The Labute approximate surface area is 117 Å². The SMILES string of the molecule is C1=IC(c2ccccc2)=NC(N2CCOCC2)=C1. The second-order valence-corrected chi connectivity index (χ2v) is 6.49. The Morgan fingerprint density at radius 3 is 2.67 bits per heavy atom. The lowest BCUT2D eigenvalue weighted by Gasteiger charge is -2.29. The summed E-state index contributed by atoms with van der Waals surface area (Å²) in [5.74, 6) is 1.10. The first-order valence-corrected chi connectivity index (χ1v) is 8.39. The maximum Gasteiger partial charge on any atom is 0.130 e. The number of halogens is 1. The van der Waals surface area contributed by atoms with E-state index < -0.39 is 0 Å². The van der Waals surface area contributed by atoms with Crippen molar-refractivity contribution in [1.82, 2.24) is 4.90 Å². The zero-order chi connectivity index (χ0) is 12.2. The van der Waals surface area contributed by atoms with Crippen molar-refractivity contribution in [3.05, 3.63) is 47.8 Å². The van der Waals surface area contributed by atoms with Gasteiger partial charge in [0.15, 0.2) is 0 Å². The summed E-state index contributed by atoms with van der Waals surface area (Å²) >= 11 is -0.0889. The van der Waals surface area contributed by atoms with Gasteiger partial charge in [0, 0.05) is 18.7 Å². The molecule has 4 heteroatoms. The highest BCUT2D eigenvalue weighted by Crippen LogP contribution is 2.21. The minimum absolute atomic E-state index is 0.0889. The molecule has 2 aliphatic rings. The average molecular weight is 354 g/mol. The van der Waals surface area contributed by atoms with Crippen LogP contribution in [0, 0.1) is 0 Å². The number of rotatable bonds is 2. The molecule has 0 N–H and O–H groups in total. The number of nitrogens with zero attached hydrogens (tertiary/aromatic N) is 2. The van der Waals surface area contributed by atoms with E-state index in [-0.39, 0.29) is 20.7 Å². The third kappa shape index (κ3) is 2.70. The number of benzene rings is 1. The van der Waals surface area contributed by atoms with E-state index in [0.717, 1.165) is 32.1 Å². The molecule has 2 heterocycles. The quantitative estimate of drug-likeness (QED) is 0.762. The van der Waals surface area contributed by atoms with Gasteiger partial charge in [-0.15, -0.1) is 0 Å². The monoisotopic (exact) mass is 354 g/mol. The van der Waals surface area contributed by atoms with E-state index in [1.807, 2.05) is 6.07 Å². The lowest BCUT2D eigenvalue weighted by molar-refractivity contribution is 0.0533. The van der Waals surface area contributed by atoms with Crippen LogP contribution in [0.1, 0.15) is 5.56 Å². The first-order valence-electron chi connectivity index (χ1n) is 6.07. The molecule has 3 rings (SSSR count). The number of morpholine rings is 1. The molecule has 1 fully saturated rings. The molecule has 0 amide bonds. The zero-order valence-corrected chi connectivity index (χ0v) is 12.2. The third-order valence-electron chi connectivity index (χ3n) is 2.94. The van der Waals surface area contributed by atoms with Gasteiger partial charge in [0.1, 0.15) is 9.54 Å². The number of hydrogen-bond donors (Lipinski definition) is 0. The van der Waals surface area contributed by atoms with Gasteiger partial charge >= 0.3 is 0 Å². The molecule has 0 spiro atoms. The summed E-state index contributed by atoms with van der Waals surface area (Å²) in [6, 6.07) is 10.5. The normalized spacial score (nSPS) is 19.9. The second-order valence-electron chi connectivity index (χ2n) is 4.13. The maximum atomic E-state index is 5.38. The lowest BCUT2D eigenvalue weighted by Crippen LogP contribution is -2.35. The van der Waals surface area contributed by atoms with Crippen LogP contribution in [0.25, 0.3) is 0 Å². The first kappa shape index (κ1) is 12.0. The van der Waals surface area contributed by atoms with Crippen molar-refractivity contribution in [2.75, 3.05) is 26.3 Å². The molecule has 18 heavy (non-hydrogen) atoms. The summed E-state index contributed by atoms with van der Waals surface area (Å²) in [5.41, 5.74) is 1.26. The fraction of sp³-hybridized carbons (Fsp3) is 0.286. The molecule has 2 aliphatic heterocycles. The van der Waals surface area contributed by atoms with Gasteiger partial charge in [-0.1, -0.05) is 51.1 Å². The topological polar surface area (TPSA) is 24.8 Å². The number of aliphatic imine (C=N–C) groups is 1. The number of ether oxygens (including phenoxy) is 1. The fourth-order valence-corrected chi connectivity index (χ4v) is 3.93. The van der Waals surface area contributed by atoms with Crippen molar-refractivity contribution in [3.8, 4) is 0 Å². The molecule has 94 valence electrons. The summed E-state index contributed by atoms with van der Waals surface area (Å²) < 4.78 is 8.95. The fourth-order valence-electron chi connectivity index (χ4n) is 1.98. The lowest BCUT2D eigenvalue weighted by atomic mass is 10.2. The maximum absolute atomic E-state index is 5.38. The van der Waals surface area contributed by atoms with E-state index in [2.05, 4.69) is 39.3 Å². The van der Waals surface area contributed by atoms with Gasteiger partial charge < -0.3 is 9.64 Å². The minimum atomic E-state index is -0.0889. The predicted octanol–water partition coefficient (Wildman–Crippen LogP) is 2.39. The van der Waals surface area contributed by atoms with Gasteiger partial charge in [-0.2, -0.15) is 0 Å². The Bertz CT molecular complexity index is 502. The van der Waals surface area contributed by atoms with Crippen molar-refractivity contribution < 1.29 is 4.74 Å². The highest BCUT2D eigenvalue weighted by atomic mass is 127. The van der Waals surface area contributed by atoms with Gasteiger partial charge in [0.25, 0.3) is 0 Å². The van der Waals surface area contributed by atoms with Crippen LogP contribution in [0.5, 0.6) is 0 Å². The van der Waals surface area contributed by atoms with Crippen LogP contribution in [0.15, 0.2) is 47.2 Å². The van der Waals surface area contributed by atoms with Gasteiger partial charge in [-0.3, -0.25) is 0 Å². The van der Waals surface area contributed by atoms with Gasteiger partial charge in [-0.25, -0.2) is 4.99 Å². The molecule has 1 aromatic carbocycles. The van der Waals surface area contributed by atoms with Crippen LogP contribution in [0.3, 0.4) is 0 Å². The molecule has 1 aromatic rings. The average Bonchev–Trinajstić information content (AvgIpc) is 2.49. The van der Waals surface area contributed by atoms with E-state index in [4.69, 9.17) is 9.73 Å². The Kier molecular flexibility index (Phi) is 3.85. The first-order chi connectivity index (χ1) is 8.93. The van der Waals surface area contributed by atoms with Crippen molar-refractivity contribution in [3.63, 3.8) is 0 Å². The third-order valence-corrected chi connectivity index (χ3v) is 5.11. The van der Waals surface area contributed by atoms with Crippen LogP contribution in [0.2, 0.25) is 0 Å². The van der Waals surface area contributed by atoms with Crippen molar-refractivity contribution in [2.45, 2.75) is 0 Å². The molecule has 3 nitrogen and oxygen atoms in total. The molecule has 0 aliphatic carbocycles. The molecular weight excluding hydrogens is 339 g/mol. The Hall–Kier alpha value is -1.01. The highest BCUT2D eigenvalue weighted by molar-refractivity contribution is 14.2. The molecule has 0 aromatic heterocycles. The second kappa shape index (κ2) is 5.75. The van der Waals surface area contributed by atoms with Crippen LogP contribution in [0.4, 0.5) is 0 Å². The Balaban J connectivity index is 1.84. The van der Waals surface area contributed by atoms with Gasteiger partial charge in [0.2, 0.25) is 0 Å². The summed E-state index contributed by atoms with van der Waals surface area (Å²) in [6.45, 7) is 3.51. The van der Waals surface area contributed by atoms with Crippen LogP contribution in [-0.2, 0) is 4.74 Å². The summed E-state index contributed by atoms with van der Waals surface area (Å²) in [6.07, 6.45) is 2.17. The minimum Gasteiger partial charge on any atom is -0.378 e. The summed E-state index contributed by atoms with van der Waals surface area (Å²) in [5, 5.41) is 0. The number of hydrogen-bond acceptors (Lipinski definition) is 3. The summed E-state index contributed by atoms with van der Waals surface area (Å²) in [7, 11) is 0. The molecule has 0 saturated carbocycles. The van der Waals surface area contributed by atoms with Crippen molar-refractivity contribution in [1.29, 1.82) is 0 Å². The van der Waals surface area contributed by atoms with E-state index >= 15 is 0 Å². The standard InChI is InChI=1S/C14H15IN2O/c1-2-4-12(5-3-1)14-15-7-6-13(16-14)17-8-10-18-11-9-17/h1-7H,8-11H2. The van der Waals surface area contributed by atoms with Crippen LogP contribution in [-0.4, -0.2) is 38.9 Å². The molecule has 0 radical (unpaired) electrons. The van der Waals surface area contributed by atoms with Crippen molar-refractivity contribution >= 4 is 28.5 Å². The van der Waals surface area contributed by atoms with Gasteiger partial charge in [-0.05, 0) is 10.1 Å². The zero-order valence-electron chi connectivity index (χ0n) is 10.1. The van der Waals surface area contributed by atoms with Crippen LogP contribution >= 0.6 is 20.7 Å². The predicted molar refractivity (Wildman–Crippen MR) is 83.5 cm³/mol. The van der Waals surface area contributed by atoms with Crippen LogP contribution < -0.4 is 0 Å². The van der Waals surface area contributed by atoms with Crippen molar-refractivity contribution in [2.24, 2.45) is 4.99 Å². The Morgan fingerprint density at radius 1 is 1.11 bits per heavy atom. The summed E-state index contributed by atoms with van der Waals surface area (Å²) in [4.78, 5) is 7.15. The largest absolute Gasteiger partial charge is 0.378 e.